The van der Waals surface area contributed by atoms with Crippen molar-refractivity contribution >= 4 is 0 Å². The van der Waals surface area contributed by atoms with Crippen LogP contribution in [0.25, 0.3) is 0 Å². The van der Waals surface area contributed by atoms with Crippen molar-refractivity contribution in [3.8, 4) is 0 Å². The number of furan rings is 1. The Hall–Kier alpha value is -2.34. The highest BCUT2D eigenvalue weighted by Crippen LogP contribution is 2.32. The van der Waals surface area contributed by atoms with Gasteiger partial charge in [-0.25, -0.2) is 8.78 Å². The second-order valence-electron chi connectivity index (χ2n) is 4.88. The van der Waals surface area contributed by atoms with E-state index in [4.69, 9.17) is 15.0 Å². The molecule has 3 rings (SSSR count). The number of benzene rings is 1. The molecule has 2 aromatic rings. The van der Waals surface area contributed by atoms with Gasteiger partial charge in [-0.05, 0) is 36.8 Å². The molecule has 6 heteroatoms. The van der Waals surface area contributed by atoms with Crippen LogP contribution in [-0.2, 0) is 11.4 Å². The Kier molecular flexibility index (Phi) is 3.39. The summed E-state index contributed by atoms with van der Waals surface area (Å²) in [5.41, 5.74) is 6.26. The van der Waals surface area contributed by atoms with Gasteiger partial charge in [0.25, 0.3) is 0 Å². The van der Waals surface area contributed by atoms with Crippen LogP contribution < -0.4 is 5.73 Å². The van der Waals surface area contributed by atoms with Gasteiger partial charge in [-0.15, -0.1) is 5.06 Å². The molecule has 0 fully saturated rings. The normalized spacial score (nSPS) is 18.6. The second-order valence-corrected chi connectivity index (χ2v) is 4.88. The van der Waals surface area contributed by atoms with Crippen molar-refractivity contribution in [2.75, 3.05) is 0 Å². The second kappa shape index (κ2) is 5.21. The van der Waals surface area contributed by atoms with E-state index >= 15 is 0 Å². The van der Waals surface area contributed by atoms with E-state index in [1.54, 1.807) is 11.1 Å². The van der Waals surface area contributed by atoms with Crippen LogP contribution in [0, 0.1) is 18.6 Å². The molecule has 0 spiro atoms. The standard InChI is InChI=1S/C15H14F2N2O2/c1-9-2-5-14(20-9)13-7-15(18)21-19(13)8-10-3-4-11(16)12(17)6-10/h2-7,13H,8,18H2,1H3. The van der Waals surface area contributed by atoms with Crippen LogP contribution in [0.2, 0.25) is 0 Å². The number of halogens is 2. The van der Waals surface area contributed by atoms with Gasteiger partial charge in [-0.1, -0.05) is 6.07 Å². The Labute approximate surface area is 120 Å². The molecule has 2 N–H and O–H groups in total. The van der Waals surface area contributed by atoms with Crippen LogP contribution in [0.4, 0.5) is 8.78 Å². The summed E-state index contributed by atoms with van der Waals surface area (Å²) in [6.45, 7) is 2.09. The van der Waals surface area contributed by atoms with E-state index in [0.717, 1.165) is 17.9 Å². The van der Waals surface area contributed by atoms with E-state index in [-0.39, 0.29) is 18.5 Å². The van der Waals surface area contributed by atoms with Crippen molar-refractivity contribution in [3.63, 3.8) is 0 Å². The molecule has 1 aromatic heterocycles. The van der Waals surface area contributed by atoms with Gasteiger partial charge < -0.3 is 15.0 Å². The Morgan fingerprint density at radius 1 is 1.19 bits per heavy atom. The van der Waals surface area contributed by atoms with Crippen molar-refractivity contribution in [2.45, 2.75) is 19.5 Å². The first-order valence-corrected chi connectivity index (χ1v) is 6.45. The molecule has 0 saturated heterocycles. The largest absolute Gasteiger partial charge is 0.464 e. The van der Waals surface area contributed by atoms with Crippen LogP contribution in [-0.4, -0.2) is 5.06 Å². The lowest BCUT2D eigenvalue weighted by atomic mass is 10.1. The van der Waals surface area contributed by atoms with Gasteiger partial charge >= 0.3 is 0 Å². The summed E-state index contributed by atoms with van der Waals surface area (Å²) in [5.74, 6) is -0.0706. The summed E-state index contributed by atoms with van der Waals surface area (Å²) in [6, 6.07) is 7.10. The van der Waals surface area contributed by atoms with Gasteiger partial charge in [-0.2, -0.15) is 0 Å². The van der Waals surface area contributed by atoms with Gasteiger partial charge in [0.15, 0.2) is 11.6 Å². The molecule has 0 bridgehead atoms. The molecule has 4 nitrogen and oxygen atoms in total. The highest BCUT2D eigenvalue weighted by atomic mass is 19.2. The number of nitrogens with two attached hydrogens (primary N) is 1. The topological polar surface area (TPSA) is 51.6 Å². The van der Waals surface area contributed by atoms with E-state index in [1.165, 1.54) is 6.07 Å². The summed E-state index contributed by atoms with van der Waals surface area (Å²) < 4.78 is 31.8. The molecule has 0 aliphatic carbocycles. The van der Waals surface area contributed by atoms with E-state index in [2.05, 4.69) is 0 Å². The summed E-state index contributed by atoms with van der Waals surface area (Å²) in [5, 5.41) is 1.56. The van der Waals surface area contributed by atoms with Crippen LogP contribution in [0.5, 0.6) is 0 Å². The van der Waals surface area contributed by atoms with E-state index in [1.807, 2.05) is 19.1 Å². The summed E-state index contributed by atoms with van der Waals surface area (Å²) in [7, 11) is 0. The first-order valence-electron chi connectivity index (χ1n) is 6.45. The van der Waals surface area contributed by atoms with Crippen LogP contribution in [0.15, 0.2) is 46.7 Å². The number of nitrogens with zero attached hydrogens (tertiary/aromatic N) is 1. The molecular weight excluding hydrogens is 278 g/mol. The molecule has 1 aliphatic heterocycles. The summed E-state index contributed by atoms with van der Waals surface area (Å²) in [4.78, 5) is 5.41. The Morgan fingerprint density at radius 2 is 2.00 bits per heavy atom. The van der Waals surface area contributed by atoms with Crippen LogP contribution in [0.1, 0.15) is 23.1 Å². The molecule has 0 radical (unpaired) electrons. The summed E-state index contributed by atoms with van der Waals surface area (Å²) in [6.07, 6.45) is 1.71. The lowest BCUT2D eigenvalue weighted by Crippen LogP contribution is -2.23. The van der Waals surface area contributed by atoms with Crippen molar-refractivity contribution < 1.29 is 18.0 Å². The molecule has 2 heterocycles. The third kappa shape index (κ3) is 2.75. The minimum Gasteiger partial charge on any atom is -0.464 e. The van der Waals surface area contributed by atoms with Gasteiger partial charge in [0.2, 0.25) is 5.88 Å². The molecule has 1 aliphatic rings. The van der Waals surface area contributed by atoms with Crippen molar-refractivity contribution in [2.24, 2.45) is 5.73 Å². The minimum absolute atomic E-state index is 0.247. The van der Waals surface area contributed by atoms with Crippen molar-refractivity contribution in [1.29, 1.82) is 0 Å². The molecular formula is C15H14F2N2O2. The highest BCUT2D eigenvalue weighted by molar-refractivity contribution is 5.21. The fourth-order valence-corrected chi connectivity index (χ4v) is 2.25. The molecule has 1 atom stereocenters. The van der Waals surface area contributed by atoms with E-state index in [0.29, 0.717) is 11.3 Å². The fourth-order valence-electron chi connectivity index (χ4n) is 2.25. The van der Waals surface area contributed by atoms with Crippen molar-refractivity contribution in [3.05, 3.63) is 71.0 Å². The molecule has 0 amide bonds. The first-order chi connectivity index (χ1) is 10.0. The molecule has 1 unspecified atom stereocenters. The highest BCUT2D eigenvalue weighted by Gasteiger charge is 2.30. The van der Waals surface area contributed by atoms with E-state index in [9.17, 15) is 8.78 Å². The third-order valence-corrected chi connectivity index (χ3v) is 3.23. The molecule has 110 valence electrons. The quantitative estimate of drug-likeness (QED) is 0.944. The number of rotatable bonds is 3. The lowest BCUT2D eigenvalue weighted by Gasteiger charge is -2.21. The zero-order chi connectivity index (χ0) is 15.0. The lowest BCUT2D eigenvalue weighted by molar-refractivity contribution is -0.131. The first kappa shape index (κ1) is 13.6. The summed E-state index contributed by atoms with van der Waals surface area (Å²) >= 11 is 0. The number of hydrogen-bond donors (Lipinski definition) is 1. The monoisotopic (exact) mass is 292 g/mol. The number of aryl methyl sites for hydroxylation is 1. The average Bonchev–Trinajstić information content (AvgIpc) is 3.00. The smallest absolute Gasteiger partial charge is 0.207 e. The molecule has 0 saturated carbocycles. The predicted octanol–water partition coefficient (Wildman–Crippen LogP) is 3.15. The minimum atomic E-state index is -0.891. The SMILES string of the molecule is Cc1ccc(C2C=C(N)ON2Cc2ccc(F)c(F)c2)o1. The van der Waals surface area contributed by atoms with Gasteiger partial charge in [0, 0.05) is 6.08 Å². The Morgan fingerprint density at radius 3 is 2.67 bits per heavy atom. The zero-order valence-electron chi connectivity index (χ0n) is 11.3. The number of hydroxylamine groups is 2. The molecule has 1 aromatic carbocycles. The van der Waals surface area contributed by atoms with Crippen LogP contribution in [0.3, 0.4) is 0 Å². The predicted molar refractivity (Wildman–Crippen MR) is 71.4 cm³/mol. The Balaban J connectivity index is 1.82. The average molecular weight is 292 g/mol. The maximum Gasteiger partial charge on any atom is 0.207 e. The van der Waals surface area contributed by atoms with Crippen LogP contribution >= 0.6 is 0 Å². The zero-order valence-corrected chi connectivity index (χ0v) is 11.3. The van der Waals surface area contributed by atoms with Gasteiger partial charge in [0.1, 0.15) is 17.6 Å². The maximum absolute atomic E-state index is 13.3. The molecule has 21 heavy (non-hydrogen) atoms. The maximum atomic E-state index is 13.3. The van der Waals surface area contributed by atoms with Gasteiger partial charge in [0.05, 0.1) is 6.54 Å². The van der Waals surface area contributed by atoms with Gasteiger partial charge in [-0.3, -0.25) is 0 Å². The third-order valence-electron chi connectivity index (χ3n) is 3.23. The Bertz CT molecular complexity index is 697. The van der Waals surface area contributed by atoms with Crippen molar-refractivity contribution in [1.82, 2.24) is 5.06 Å². The number of hydrogen-bond acceptors (Lipinski definition) is 4. The van der Waals surface area contributed by atoms with E-state index < -0.39 is 11.6 Å². The fraction of sp³-hybridized carbons (Fsp3) is 0.200.